The Kier molecular flexibility index (Phi) is 4.82. The van der Waals surface area contributed by atoms with Crippen LogP contribution < -0.4 is 4.74 Å². The predicted octanol–water partition coefficient (Wildman–Crippen LogP) is 2.98. The zero-order chi connectivity index (χ0) is 16.4. The number of hydrogen-bond donors (Lipinski definition) is 0. The van der Waals surface area contributed by atoms with Crippen molar-refractivity contribution >= 4 is 11.7 Å². The Morgan fingerprint density at radius 2 is 1.86 bits per heavy atom. The van der Waals surface area contributed by atoms with Crippen molar-refractivity contribution in [1.29, 1.82) is 0 Å². The first-order chi connectivity index (χ1) is 9.51. The number of hydrogen-bond acceptors (Lipinski definition) is 5. The molecule has 0 amide bonds. The van der Waals surface area contributed by atoms with E-state index in [4.69, 9.17) is 9.47 Å². The van der Waals surface area contributed by atoms with Gasteiger partial charge in [0.05, 0.1) is 11.0 Å². The van der Waals surface area contributed by atoms with E-state index < -0.39 is 45.7 Å². The molecule has 0 saturated carbocycles. The van der Waals surface area contributed by atoms with E-state index in [2.05, 4.69) is 0 Å². The molecule has 0 spiro atoms. The van der Waals surface area contributed by atoms with Crippen molar-refractivity contribution in [3.05, 3.63) is 33.9 Å². The van der Waals surface area contributed by atoms with Crippen molar-refractivity contribution in [3.8, 4) is 5.75 Å². The van der Waals surface area contributed by atoms with Gasteiger partial charge >= 0.3 is 11.7 Å². The highest BCUT2D eigenvalue weighted by atomic mass is 19.1. The average molecular weight is 303 g/mol. The summed E-state index contributed by atoms with van der Waals surface area (Å²) in [4.78, 5) is 21.1. The lowest BCUT2D eigenvalue weighted by molar-refractivity contribution is -0.387. The van der Waals surface area contributed by atoms with Crippen molar-refractivity contribution in [3.63, 3.8) is 0 Å². The van der Waals surface area contributed by atoms with Crippen molar-refractivity contribution in [2.45, 2.75) is 39.4 Å². The van der Waals surface area contributed by atoms with Crippen LogP contribution in [0.2, 0.25) is 0 Å². The highest BCUT2D eigenvalue weighted by Crippen LogP contribution is 2.27. The van der Waals surface area contributed by atoms with Crippen LogP contribution in [0.5, 0.6) is 5.75 Å². The first kappa shape index (κ1) is 16.8. The molecule has 0 N–H and O–H groups in total. The van der Waals surface area contributed by atoms with Crippen LogP contribution in [0.25, 0.3) is 0 Å². The molecule has 0 aromatic heterocycles. The highest BCUT2D eigenvalue weighted by molar-refractivity contribution is 5.75. The largest absolute Gasteiger partial charge is 0.476 e. The summed E-state index contributed by atoms with van der Waals surface area (Å²) >= 11 is 0. The first-order valence-corrected chi connectivity index (χ1v) is 6.04. The maximum atomic E-state index is 13.6. The zero-order valence-corrected chi connectivity index (χ0v) is 12.0. The van der Waals surface area contributed by atoms with E-state index in [1.54, 1.807) is 20.8 Å². The molecule has 116 valence electrons. The van der Waals surface area contributed by atoms with Crippen LogP contribution >= 0.6 is 0 Å². The fourth-order valence-corrected chi connectivity index (χ4v) is 1.37. The van der Waals surface area contributed by atoms with E-state index in [1.165, 1.54) is 6.92 Å². The Labute approximate surface area is 119 Å². The Bertz CT molecular complexity index is 568. The Morgan fingerprint density at radius 3 is 2.33 bits per heavy atom. The van der Waals surface area contributed by atoms with Crippen LogP contribution in [0.15, 0.2) is 12.1 Å². The van der Waals surface area contributed by atoms with E-state index in [-0.39, 0.29) is 0 Å². The fraction of sp³-hybridized carbons (Fsp3) is 0.462. The van der Waals surface area contributed by atoms with E-state index in [0.717, 1.165) is 0 Å². The lowest BCUT2D eigenvalue weighted by atomic mass is 10.2. The number of nitrogens with zero attached hydrogens (tertiary/aromatic N) is 1. The number of esters is 1. The molecule has 1 rings (SSSR count). The molecular weight excluding hydrogens is 288 g/mol. The minimum atomic E-state index is -1.26. The molecule has 0 heterocycles. The third-order valence-electron chi connectivity index (χ3n) is 2.24. The van der Waals surface area contributed by atoms with Gasteiger partial charge in [-0.05, 0) is 27.7 Å². The maximum Gasteiger partial charge on any atom is 0.347 e. The molecule has 0 aliphatic carbocycles. The second-order valence-electron chi connectivity index (χ2n) is 5.28. The van der Waals surface area contributed by atoms with Crippen LogP contribution in [0.1, 0.15) is 27.7 Å². The zero-order valence-electron chi connectivity index (χ0n) is 12.0. The SMILES string of the molecule is CC(Oc1cc(F)c([N+](=O)[O-])cc1F)C(=O)OC(C)(C)C. The van der Waals surface area contributed by atoms with Gasteiger partial charge in [0.25, 0.3) is 0 Å². The average Bonchev–Trinajstić information content (AvgIpc) is 2.30. The van der Waals surface area contributed by atoms with Gasteiger partial charge in [0, 0.05) is 6.07 Å². The third-order valence-corrected chi connectivity index (χ3v) is 2.24. The van der Waals surface area contributed by atoms with Crippen molar-refractivity contribution in [2.24, 2.45) is 0 Å². The minimum Gasteiger partial charge on any atom is -0.476 e. The molecule has 1 atom stereocenters. The lowest BCUT2D eigenvalue weighted by Crippen LogP contribution is -2.33. The lowest BCUT2D eigenvalue weighted by Gasteiger charge is -2.22. The normalized spacial score (nSPS) is 12.7. The molecule has 8 heteroatoms. The third kappa shape index (κ3) is 4.66. The molecule has 0 saturated heterocycles. The molecule has 21 heavy (non-hydrogen) atoms. The molecule has 0 fully saturated rings. The predicted molar refractivity (Wildman–Crippen MR) is 68.9 cm³/mol. The molecular formula is C13H15F2NO5. The van der Waals surface area contributed by atoms with Gasteiger partial charge in [-0.3, -0.25) is 10.1 Å². The standard InChI is InChI=1S/C13H15F2NO5/c1-7(12(17)21-13(2,3)4)20-11-6-8(14)10(16(18)19)5-9(11)15/h5-7H,1-4H3. The van der Waals surface area contributed by atoms with Crippen molar-refractivity contribution in [2.75, 3.05) is 0 Å². The molecule has 0 radical (unpaired) electrons. The summed E-state index contributed by atoms with van der Waals surface area (Å²) in [6.07, 6.45) is -1.19. The van der Waals surface area contributed by atoms with E-state index in [9.17, 15) is 23.7 Å². The topological polar surface area (TPSA) is 78.7 Å². The molecule has 1 unspecified atom stereocenters. The summed E-state index contributed by atoms with van der Waals surface area (Å²) in [6, 6.07) is 0.917. The Balaban J connectivity index is 2.91. The van der Waals surface area contributed by atoms with Gasteiger partial charge in [0.2, 0.25) is 5.82 Å². The van der Waals surface area contributed by atoms with Crippen LogP contribution in [0.3, 0.4) is 0 Å². The molecule has 1 aromatic rings. The van der Waals surface area contributed by atoms with Gasteiger partial charge < -0.3 is 9.47 Å². The van der Waals surface area contributed by atoms with E-state index in [0.29, 0.717) is 12.1 Å². The van der Waals surface area contributed by atoms with Crippen molar-refractivity contribution < 1.29 is 28.0 Å². The molecule has 0 aliphatic rings. The number of carbonyl (C=O) groups excluding carboxylic acids is 1. The van der Waals surface area contributed by atoms with E-state index in [1.807, 2.05) is 0 Å². The summed E-state index contributed by atoms with van der Waals surface area (Å²) in [5.74, 6) is -3.76. The molecule has 0 aliphatic heterocycles. The number of halogens is 2. The number of ether oxygens (including phenoxy) is 2. The van der Waals surface area contributed by atoms with Gasteiger partial charge in [0.15, 0.2) is 17.7 Å². The maximum absolute atomic E-state index is 13.6. The monoisotopic (exact) mass is 303 g/mol. The van der Waals surface area contributed by atoms with Crippen LogP contribution in [-0.4, -0.2) is 22.6 Å². The molecule has 6 nitrogen and oxygen atoms in total. The van der Waals surface area contributed by atoms with Gasteiger partial charge in [-0.25, -0.2) is 9.18 Å². The summed E-state index contributed by atoms with van der Waals surface area (Å²) in [5.41, 5.74) is -1.77. The summed E-state index contributed by atoms with van der Waals surface area (Å²) in [6.45, 7) is 6.23. The quantitative estimate of drug-likeness (QED) is 0.485. The number of rotatable bonds is 4. The number of benzene rings is 1. The number of nitro groups is 1. The highest BCUT2D eigenvalue weighted by Gasteiger charge is 2.26. The minimum absolute atomic E-state index is 0.395. The van der Waals surface area contributed by atoms with Crippen LogP contribution in [-0.2, 0) is 9.53 Å². The smallest absolute Gasteiger partial charge is 0.347 e. The Hall–Kier alpha value is -2.25. The molecule has 1 aromatic carbocycles. The molecule has 0 bridgehead atoms. The van der Waals surface area contributed by atoms with Crippen LogP contribution in [0.4, 0.5) is 14.5 Å². The second kappa shape index (κ2) is 6.02. The number of carbonyl (C=O) groups is 1. The van der Waals surface area contributed by atoms with Crippen LogP contribution in [0, 0.1) is 21.7 Å². The number of nitro benzene ring substituents is 1. The second-order valence-corrected chi connectivity index (χ2v) is 5.28. The first-order valence-electron chi connectivity index (χ1n) is 6.04. The summed E-state index contributed by atoms with van der Waals surface area (Å²) in [7, 11) is 0. The van der Waals surface area contributed by atoms with Gasteiger partial charge in [-0.2, -0.15) is 4.39 Å². The van der Waals surface area contributed by atoms with Crippen molar-refractivity contribution in [1.82, 2.24) is 0 Å². The fourth-order valence-electron chi connectivity index (χ4n) is 1.37. The Morgan fingerprint density at radius 1 is 1.29 bits per heavy atom. The summed E-state index contributed by atoms with van der Waals surface area (Å²) < 4.78 is 37.0. The summed E-state index contributed by atoms with van der Waals surface area (Å²) in [5, 5.41) is 10.5. The van der Waals surface area contributed by atoms with Gasteiger partial charge in [-0.1, -0.05) is 0 Å². The van der Waals surface area contributed by atoms with E-state index >= 15 is 0 Å². The van der Waals surface area contributed by atoms with Gasteiger partial charge in [0.1, 0.15) is 5.60 Å². The van der Waals surface area contributed by atoms with Gasteiger partial charge in [-0.15, -0.1) is 0 Å².